The largest absolute Gasteiger partial charge is 0.454 e. The van der Waals surface area contributed by atoms with E-state index in [1.54, 1.807) is 24.3 Å². The number of carbonyl (C=O) groups is 2. The van der Waals surface area contributed by atoms with Gasteiger partial charge >= 0.3 is 5.97 Å². The highest BCUT2D eigenvalue weighted by atomic mass is 35.5. The number of carbonyl (C=O) groups excluding carboxylic acids is 2. The summed E-state index contributed by atoms with van der Waals surface area (Å²) >= 11 is 11.8. The van der Waals surface area contributed by atoms with Crippen LogP contribution >= 0.6 is 23.2 Å². The zero-order chi connectivity index (χ0) is 21.0. The fraction of sp³-hybridized carbons (Fsp3) is 0.263. The van der Waals surface area contributed by atoms with Crippen LogP contribution < -0.4 is 5.32 Å². The number of sulfonamides is 1. The molecule has 1 fully saturated rings. The van der Waals surface area contributed by atoms with E-state index in [9.17, 15) is 18.0 Å². The van der Waals surface area contributed by atoms with E-state index in [4.69, 9.17) is 27.9 Å². The summed E-state index contributed by atoms with van der Waals surface area (Å²) in [4.78, 5) is 24.5. The number of halogens is 2. The SMILES string of the molecule is O=C(COC(=O)[C@H]1CCCN1S(=O)(=O)c1ccc(Cl)cc1)Nc1ccccc1Cl. The minimum Gasteiger partial charge on any atom is -0.454 e. The van der Waals surface area contributed by atoms with Crippen LogP contribution in [0.4, 0.5) is 5.69 Å². The molecule has 1 atom stereocenters. The van der Waals surface area contributed by atoms with Crippen LogP contribution in [-0.4, -0.2) is 43.8 Å². The van der Waals surface area contributed by atoms with Crippen molar-refractivity contribution in [3.63, 3.8) is 0 Å². The molecule has 1 N–H and O–H groups in total. The highest BCUT2D eigenvalue weighted by molar-refractivity contribution is 7.89. The summed E-state index contributed by atoms with van der Waals surface area (Å²) in [7, 11) is -3.89. The Hall–Kier alpha value is -2.13. The molecular formula is C19H18Cl2N2O5S. The molecule has 0 unspecified atom stereocenters. The van der Waals surface area contributed by atoms with Crippen molar-refractivity contribution < 1.29 is 22.7 Å². The first-order valence-electron chi connectivity index (χ1n) is 8.77. The molecule has 0 radical (unpaired) electrons. The summed E-state index contributed by atoms with van der Waals surface area (Å²) in [6.45, 7) is -0.355. The lowest BCUT2D eigenvalue weighted by molar-refractivity contribution is -0.150. The zero-order valence-corrected chi connectivity index (χ0v) is 17.5. The molecule has 154 valence electrons. The molecule has 0 bridgehead atoms. The molecule has 2 aromatic rings. The Morgan fingerprint density at radius 1 is 1.10 bits per heavy atom. The number of hydrogen-bond acceptors (Lipinski definition) is 5. The van der Waals surface area contributed by atoms with Crippen molar-refractivity contribution in [2.75, 3.05) is 18.5 Å². The lowest BCUT2D eigenvalue weighted by atomic mass is 10.2. The van der Waals surface area contributed by atoms with Gasteiger partial charge in [0.15, 0.2) is 6.61 Å². The van der Waals surface area contributed by atoms with E-state index < -0.39 is 34.5 Å². The van der Waals surface area contributed by atoms with E-state index in [-0.39, 0.29) is 11.4 Å². The van der Waals surface area contributed by atoms with Gasteiger partial charge in [0.05, 0.1) is 15.6 Å². The molecule has 2 aromatic carbocycles. The minimum atomic E-state index is -3.89. The maximum Gasteiger partial charge on any atom is 0.324 e. The third-order valence-electron chi connectivity index (χ3n) is 4.39. The van der Waals surface area contributed by atoms with Crippen molar-refractivity contribution in [2.45, 2.75) is 23.8 Å². The van der Waals surface area contributed by atoms with E-state index in [1.165, 1.54) is 24.3 Å². The predicted molar refractivity (Wildman–Crippen MR) is 109 cm³/mol. The fourth-order valence-corrected chi connectivity index (χ4v) is 4.94. The van der Waals surface area contributed by atoms with E-state index >= 15 is 0 Å². The monoisotopic (exact) mass is 456 g/mol. The van der Waals surface area contributed by atoms with Crippen molar-refractivity contribution in [1.82, 2.24) is 4.31 Å². The third kappa shape index (κ3) is 5.08. The Kier molecular flexibility index (Phi) is 6.79. The lowest BCUT2D eigenvalue weighted by Crippen LogP contribution is -2.42. The smallest absolute Gasteiger partial charge is 0.324 e. The van der Waals surface area contributed by atoms with Gasteiger partial charge in [-0.25, -0.2) is 8.42 Å². The second-order valence-corrected chi connectivity index (χ2v) is 9.10. The standard InChI is InChI=1S/C19H18Cl2N2O5S/c20-13-7-9-14(10-8-13)29(26,27)23-11-3-6-17(23)19(25)28-12-18(24)22-16-5-2-1-4-15(16)21/h1-2,4-5,7-10,17H,3,6,11-12H2,(H,22,24)/t17-/m1/s1. The topological polar surface area (TPSA) is 92.8 Å². The van der Waals surface area contributed by atoms with Crippen LogP contribution in [0.25, 0.3) is 0 Å². The zero-order valence-electron chi connectivity index (χ0n) is 15.2. The number of anilines is 1. The number of ether oxygens (including phenoxy) is 1. The Morgan fingerprint density at radius 3 is 2.48 bits per heavy atom. The number of hydrogen-bond donors (Lipinski definition) is 1. The van der Waals surface area contributed by atoms with Gasteiger partial charge in [0.2, 0.25) is 10.0 Å². The van der Waals surface area contributed by atoms with E-state index in [0.717, 1.165) is 4.31 Å². The number of benzene rings is 2. The fourth-order valence-electron chi connectivity index (χ4n) is 2.99. The van der Waals surface area contributed by atoms with Crippen molar-refractivity contribution in [3.05, 3.63) is 58.6 Å². The van der Waals surface area contributed by atoms with Crippen LogP contribution in [0.1, 0.15) is 12.8 Å². The number of rotatable bonds is 6. The molecule has 1 saturated heterocycles. The van der Waals surface area contributed by atoms with Crippen molar-refractivity contribution >= 4 is 50.8 Å². The van der Waals surface area contributed by atoms with Crippen LogP contribution in [0, 0.1) is 0 Å². The summed E-state index contributed by atoms with van der Waals surface area (Å²) < 4.78 is 31.9. The molecule has 29 heavy (non-hydrogen) atoms. The second-order valence-electron chi connectivity index (χ2n) is 6.36. The number of esters is 1. The number of amides is 1. The summed E-state index contributed by atoms with van der Waals surface area (Å²) in [5.74, 6) is -1.34. The summed E-state index contributed by atoms with van der Waals surface area (Å²) in [6.07, 6.45) is 0.830. The normalized spacial score (nSPS) is 17.1. The van der Waals surface area contributed by atoms with Gasteiger partial charge in [-0.05, 0) is 49.2 Å². The van der Waals surface area contributed by atoms with Crippen LogP contribution in [0.3, 0.4) is 0 Å². The van der Waals surface area contributed by atoms with Gasteiger partial charge < -0.3 is 10.1 Å². The highest BCUT2D eigenvalue weighted by Crippen LogP contribution is 2.27. The molecule has 1 aliphatic rings. The van der Waals surface area contributed by atoms with Gasteiger partial charge in [0.25, 0.3) is 5.91 Å². The summed E-state index contributed by atoms with van der Waals surface area (Å²) in [5.41, 5.74) is 0.392. The number of nitrogens with one attached hydrogen (secondary N) is 1. The average Bonchev–Trinajstić information content (AvgIpc) is 3.19. The number of nitrogens with zero attached hydrogens (tertiary/aromatic N) is 1. The van der Waals surface area contributed by atoms with Gasteiger partial charge in [0.1, 0.15) is 6.04 Å². The maximum atomic E-state index is 12.9. The van der Waals surface area contributed by atoms with Crippen LogP contribution in [0.5, 0.6) is 0 Å². The molecule has 0 spiro atoms. The lowest BCUT2D eigenvalue weighted by Gasteiger charge is -2.22. The molecule has 0 aliphatic carbocycles. The summed E-state index contributed by atoms with van der Waals surface area (Å²) in [5, 5.41) is 3.29. The van der Waals surface area contributed by atoms with Crippen LogP contribution in [0.2, 0.25) is 10.0 Å². The molecule has 1 heterocycles. The van der Waals surface area contributed by atoms with Gasteiger partial charge in [0, 0.05) is 11.6 Å². The van der Waals surface area contributed by atoms with Crippen molar-refractivity contribution in [1.29, 1.82) is 0 Å². The molecule has 3 rings (SSSR count). The Balaban J connectivity index is 1.63. The molecule has 7 nitrogen and oxygen atoms in total. The first kappa shape index (κ1) is 21.6. The Morgan fingerprint density at radius 2 is 1.79 bits per heavy atom. The molecular weight excluding hydrogens is 439 g/mol. The molecule has 1 aliphatic heterocycles. The van der Waals surface area contributed by atoms with Gasteiger partial charge in [-0.15, -0.1) is 0 Å². The van der Waals surface area contributed by atoms with E-state index in [2.05, 4.69) is 5.32 Å². The maximum absolute atomic E-state index is 12.9. The summed E-state index contributed by atoms with van der Waals surface area (Å²) in [6, 6.07) is 11.4. The highest BCUT2D eigenvalue weighted by Gasteiger charge is 2.40. The number of para-hydroxylation sites is 1. The second kappa shape index (κ2) is 9.13. The predicted octanol–water partition coefficient (Wildman–Crippen LogP) is 3.33. The van der Waals surface area contributed by atoms with E-state index in [0.29, 0.717) is 28.6 Å². The van der Waals surface area contributed by atoms with Gasteiger partial charge in [-0.1, -0.05) is 35.3 Å². The third-order valence-corrected chi connectivity index (χ3v) is 6.89. The molecule has 10 heteroatoms. The van der Waals surface area contributed by atoms with Crippen LogP contribution in [0.15, 0.2) is 53.4 Å². The van der Waals surface area contributed by atoms with Gasteiger partial charge in [-0.2, -0.15) is 4.31 Å². The van der Waals surface area contributed by atoms with Crippen LogP contribution in [-0.2, 0) is 24.3 Å². The Bertz CT molecular complexity index is 1010. The van der Waals surface area contributed by atoms with E-state index in [1.807, 2.05) is 0 Å². The minimum absolute atomic E-state index is 0.0399. The first-order valence-corrected chi connectivity index (χ1v) is 11.0. The van der Waals surface area contributed by atoms with Crippen molar-refractivity contribution in [2.24, 2.45) is 0 Å². The van der Waals surface area contributed by atoms with Crippen molar-refractivity contribution in [3.8, 4) is 0 Å². The van der Waals surface area contributed by atoms with Gasteiger partial charge in [-0.3, -0.25) is 9.59 Å². The molecule has 0 saturated carbocycles. The molecule has 1 amide bonds. The average molecular weight is 457 g/mol. The quantitative estimate of drug-likeness (QED) is 0.672. The Labute approximate surface area is 178 Å². The molecule has 0 aromatic heterocycles. The first-order chi connectivity index (χ1) is 13.8.